The Bertz CT molecular complexity index is 1290. The van der Waals surface area contributed by atoms with E-state index in [0.717, 1.165) is 40.6 Å². The number of alkyl halides is 3. The molecule has 0 fully saturated rings. The summed E-state index contributed by atoms with van der Waals surface area (Å²) in [5.41, 5.74) is 2.13. The largest absolute Gasteiger partial charge is 0.488 e. The predicted molar refractivity (Wildman–Crippen MR) is 118 cm³/mol. The number of rotatable bonds is 6. The fourth-order valence-corrected chi connectivity index (χ4v) is 3.69. The summed E-state index contributed by atoms with van der Waals surface area (Å²) in [6.07, 6.45) is -2.85. The van der Waals surface area contributed by atoms with Crippen molar-refractivity contribution in [1.82, 2.24) is 0 Å². The van der Waals surface area contributed by atoms with Gasteiger partial charge >= 0.3 is 11.8 Å². The van der Waals surface area contributed by atoms with Crippen molar-refractivity contribution in [3.63, 3.8) is 0 Å². The highest BCUT2D eigenvalue weighted by Crippen LogP contribution is 2.34. The van der Waals surface area contributed by atoms with Gasteiger partial charge in [-0.05, 0) is 46.9 Å². The van der Waals surface area contributed by atoms with Gasteiger partial charge in [0, 0.05) is 17.5 Å². The van der Waals surface area contributed by atoms with Gasteiger partial charge in [-0.2, -0.15) is 13.2 Å². The molecular formula is C26H21F3O3. The van der Waals surface area contributed by atoms with Crippen LogP contribution in [0.15, 0.2) is 82.0 Å². The maximum Gasteiger partial charge on any atom is 0.416 e. The standard InChI is InChI=1S/C26H21F3O3/c1-2-7-19-13-22-21(18-9-4-3-5-10-18)14-25(30)32-24(22)15-23(19)31-16-17-8-6-11-20(12-17)26(27,28)29/h3-6,8-15H,2,7,16H2,1H3. The highest BCUT2D eigenvalue weighted by atomic mass is 19.4. The molecule has 0 saturated heterocycles. The van der Waals surface area contributed by atoms with Crippen molar-refractivity contribution < 1.29 is 22.3 Å². The summed E-state index contributed by atoms with van der Waals surface area (Å²) in [6, 6.07) is 19.7. The molecule has 32 heavy (non-hydrogen) atoms. The Morgan fingerprint density at radius 3 is 2.44 bits per heavy atom. The number of benzene rings is 3. The normalized spacial score (nSPS) is 11.6. The second-order valence-electron chi connectivity index (χ2n) is 7.54. The Labute approximate surface area is 183 Å². The first-order chi connectivity index (χ1) is 15.3. The number of hydrogen-bond donors (Lipinski definition) is 0. The molecule has 0 bridgehead atoms. The fourth-order valence-electron chi connectivity index (χ4n) is 3.69. The van der Waals surface area contributed by atoms with Crippen molar-refractivity contribution in [2.75, 3.05) is 0 Å². The number of halogens is 3. The topological polar surface area (TPSA) is 39.4 Å². The van der Waals surface area contributed by atoms with Gasteiger partial charge in [-0.3, -0.25) is 0 Å². The van der Waals surface area contributed by atoms with Crippen LogP contribution >= 0.6 is 0 Å². The molecule has 3 aromatic carbocycles. The van der Waals surface area contributed by atoms with E-state index in [2.05, 4.69) is 0 Å². The molecule has 4 rings (SSSR count). The van der Waals surface area contributed by atoms with Gasteiger partial charge in [0.2, 0.25) is 0 Å². The Hall–Kier alpha value is -3.54. The van der Waals surface area contributed by atoms with Crippen LogP contribution in [0.5, 0.6) is 5.75 Å². The quantitative estimate of drug-likeness (QED) is 0.304. The van der Waals surface area contributed by atoms with E-state index in [4.69, 9.17) is 9.15 Å². The first kappa shape index (κ1) is 21.7. The van der Waals surface area contributed by atoms with E-state index < -0.39 is 17.4 Å². The average molecular weight is 438 g/mol. The third-order valence-corrected chi connectivity index (χ3v) is 5.18. The first-order valence-corrected chi connectivity index (χ1v) is 10.3. The molecule has 0 aliphatic carbocycles. The Morgan fingerprint density at radius 1 is 0.938 bits per heavy atom. The monoisotopic (exact) mass is 438 g/mol. The van der Waals surface area contributed by atoms with Gasteiger partial charge in [0.1, 0.15) is 17.9 Å². The molecule has 1 aromatic heterocycles. The van der Waals surface area contributed by atoms with Crippen LogP contribution in [0, 0.1) is 0 Å². The van der Waals surface area contributed by atoms with Gasteiger partial charge in [0.05, 0.1) is 5.56 Å². The molecule has 0 amide bonds. The lowest BCUT2D eigenvalue weighted by Gasteiger charge is -2.15. The first-order valence-electron chi connectivity index (χ1n) is 10.3. The summed E-state index contributed by atoms with van der Waals surface area (Å²) in [4.78, 5) is 12.2. The maximum atomic E-state index is 13.0. The molecule has 1 heterocycles. The van der Waals surface area contributed by atoms with Crippen LogP contribution in [-0.4, -0.2) is 0 Å². The van der Waals surface area contributed by atoms with Gasteiger partial charge in [-0.25, -0.2) is 4.79 Å². The Kier molecular flexibility index (Phi) is 6.04. The fraction of sp³-hybridized carbons (Fsp3) is 0.192. The molecule has 0 spiro atoms. The molecule has 0 radical (unpaired) electrons. The summed E-state index contributed by atoms with van der Waals surface area (Å²) in [5, 5.41) is 0.783. The van der Waals surface area contributed by atoms with Crippen LogP contribution in [0.3, 0.4) is 0 Å². The van der Waals surface area contributed by atoms with Gasteiger partial charge in [-0.15, -0.1) is 0 Å². The van der Waals surface area contributed by atoms with Crippen LogP contribution in [-0.2, 0) is 19.2 Å². The van der Waals surface area contributed by atoms with Crippen molar-refractivity contribution in [3.05, 3.63) is 99.9 Å². The zero-order chi connectivity index (χ0) is 22.7. The van der Waals surface area contributed by atoms with Crippen LogP contribution in [0.2, 0.25) is 0 Å². The van der Waals surface area contributed by atoms with Crippen LogP contribution in [0.1, 0.15) is 30.0 Å². The van der Waals surface area contributed by atoms with Crippen molar-refractivity contribution in [3.8, 4) is 16.9 Å². The molecule has 164 valence electrons. The number of aryl methyl sites for hydroxylation is 1. The third kappa shape index (κ3) is 4.69. The van der Waals surface area contributed by atoms with E-state index in [1.807, 2.05) is 43.3 Å². The molecule has 0 aliphatic rings. The van der Waals surface area contributed by atoms with Gasteiger partial charge in [0.25, 0.3) is 0 Å². The zero-order valence-electron chi connectivity index (χ0n) is 17.4. The SMILES string of the molecule is CCCc1cc2c(-c3ccccc3)cc(=O)oc2cc1OCc1cccc(C(F)(F)F)c1. The number of fused-ring (bicyclic) bond motifs is 1. The van der Waals surface area contributed by atoms with E-state index >= 15 is 0 Å². The molecule has 0 N–H and O–H groups in total. The smallest absolute Gasteiger partial charge is 0.416 e. The van der Waals surface area contributed by atoms with E-state index in [-0.39, 0.29) is 6.61 Å². The molecule has 0 saturated carbocycles. The van der Waals surface area contributed by atoms with E-state index in [0.29, 0.717) is 23.3 Å². The van der Waals surface area contributed by atoms with Crippen molar-refractivity contribution in [2.45, 2.75) is 32.5 Å². The lowest BCUT2D eigenvalue weighted by Crippen LogP contribution is -2.06. The summed E-state index contributed by atoms with van der Waals surface area (Å²) in [6.45, 7) is 2.00. The summed E-state index contributed by atoms with van der Waals surface area (Å²) < 4.78 is 50.3. The molecule has 0 unspecified atom stereocenters. The second kappa shape index (κ2) is 8.91. The molecular weight excluding hydrogens is 417 g/mol. The van der Waals surface area contributed by atoms with Crippen LogP contribution < -0.4 is 10.4 Å². The lowest BCUT2D eigenvalue weighted by molar-refractivity contribution is -0.137. The highest BCUT2D eigenvalue weighted by molar-refractivity contribution is 5.94. The van der Waals surface area contributed by atoms with Crippen molar-refractivity contribution in [2.24, 2.45) is 0 Å². The van der Waals surface area contributed by atoms with Gasteiger partial charge in [0.15, 0.2) is 0 Å². The number of hydrogen-bond acceptors (Lipinski definition) is 3. The van der Waals surface area contributed by atoms with Gasteiger partial charge in [-0.1, -0.05) is 55.8 Å². The molecule has 6 heteroatoms. The minimum atomic E-state index is -4.41. The Balaban J connectivity index is 1.74. The number of ether oxygens (including phenoxy) is 1. The van der Waals surface area contributed by atoms with Gasteiger partial charge < -0.3 is 9.15 Å². The molecule has 3 nitrogen and oxygen atoms in total. The van der Waals surface area contributed by atoms with Crippen LogP contribution in [0.4, 0.5) is 13.2 Å². The second-order valence-corrected chi connectivity index (χ2v) is 7.54. The van der Waals surface area contributed by atoms with E-state index in [1.165, 1.54) is 12.1 Å². The zero-order valence-corrected chi connectivity index (χ0v) is 17.4. The Morgan fingerprint density at radius 2 is 1.72 bits per heavy atom. The summed E-state index contributed by atoms with van der Waals surface area (Å²) in [7, 11) is 0. The van der Waals surface area contributed by atoms with Crippen LogP contribution in [0.25, 0.3) is 22.1 Å². The molecule has 4 aromatic rings. The highest BCUT2D eigenvalue weighted by Gasteiger charge is 2.30. The summed E-state index contributed by atoms with van der Waals surface area (Å²) >= 11 is 0. The molecule has 0 atom stereocenters. The predicted octanol–water partition coefficient (Wildman–Crippen LogP) is 7.01. The lowest BCUT2D eigenvalue weighted by atomic mass is 9.98. The van der Waals surface area contributed by atoms with Crippen molar-refractivity contribution in [1.29, 1.82) is 0 Å². The minimum Gasteiger partial charge on any atom is -0.488 e. The van der Waals surface area contributed by atoms with Crippen molar-refractivity contribution >= 4 is 11.0 Å². The maximum absolute atomic E-state index is 13.0. The average Bonchev–Trinajstić information content (AvgIpc) is 2.78. The third-order valence-electron chi connectivity index (χ3n) is 5.18. The molecule has 0 aliphatic heterocycles. The van der Waals surface area contributed by atoms with E-state index in [1.54, 1.807) is 12.1 Å². The minimum absolute atomic E-state index is 0.0330. The van der Waals surface area contributed by atoms with E-state index in [9.17, 15) is 18.0 Å². The summed E-state index contributed by atoms with van der Waals surface area (Å²) in [5.74, 6) is 0.491.